The molecule has 0 radical (unpaired) electrons. The van der Waals surface area contributed by atoms with Crippen molar-refractivity contribution in [2.24, 2.45) is 5.73 Å². The van der Waals surface area contributed by atoms with Gasteiger partial charge in [-0.05, 0) is 30.5 Å². The summed E-state index contributed by atoms with van der Waals surface area (Å²) in [6, 6.07) is 5.46. The molecule has 1 fully saturated rings. The van der Waals surface area contributed by atoms with Crippen LogP contribution in [0.15, 0.2) is 18.2 Å². The van der Waals surface area contributed by atoms with Crippen LogP contribution in [0.2, 0.25) is 5.02 Å². The number of aliphatic hydroxyl groups is 1. The summed E-state index contributed by atoms with van der Waals surface area (Å²) in [5.41, 5.74) is 7.71. The molecule has 0 aromatic heterocycles. The molecule has 1 aromatic rings. The fourth-order valence-electron chi connectivity index (χ4n) is 2.07. The van der Waals surface area contributed by atoms with Crippen LogP contribution in [0.1, 0.15) is 24.4 Å². The van der Waals surface area contributed by atoms with Crippen LogP contribution in [0.25, 0.3) is 0 Å². The van der Waals surface area contributed by atoms with E-state index >= 15 is 0 Å². The largest absolute Gasteiger partial charge is 0.394 e. The van der Waals surface area contributed by atoms with Crippen LogP contribution in [-0.2, 0) is 0 Å². The highest BCUT2D eigenvalue weighted by atomic mass is 35.5. The molecule has 0 unspecified atom stereocenters. The van der Waals surface area contributed by atoms with Gasteiger partial charge in [0.05, 0.1) is 23.4 Å². The number of rotatable bonds is 3. The van der Waals surface area contributed by atoms with Crippen LogP contribution in [0, 0.1) is 0 Å². The van der Waals surface area contributed by atoms with Crippen molar-refractivity contribution in [1.82, 2.24) is 0 Å². The summed E-state index contributed by atoms with van der Waals surface area (Å²) in [4.78, 5) is 2.29. The molecule has 0 amide bonds. The van der Waals surface area contributed by atoms with Crippen molar-refractivity contribution < 1.29 is 5.11 Å². The summed E-state index contributed by atoms with van der Waals surface area (Å²) >= 11 is 6.23. The Balaban J connectivity index is 2.22. The van der Waals surface area contributed by atoms with Gasteiger partial charge in [0.25, 0.3) is 0 Å². The molecule has 4 heteroatoms. The van der Waals surface area contributed by atoms with Crippen molar-refractivity contribution in [3.05, 3.63) is 28.8 Å². The number of nitrogens with two attached hydrogens (primary N) is 1. The van der Waals surface area contributed by atoms with Crippen molar-refractivity contribution in [2.75, 3.05) is 24.6 Å². The summed E-state index contributed by atoms with van der Waals surface area (Å²) in [5.74, 6) is 0. The first-order valence-corrected chi connectivity index (χ1v) is 6.01. The van der Waals surface area contributed by atoms with Crippen LogP contribution in [0.5, 0.6) is 0 Å². The van der Waals surface area contributed by atoms with Gasteiger partial charge in [-0.15, -0.1) is 0 Å². The lowest BCUT2D eigenvalue weighted by Gasteiger charge is -2.20. The lowest BCUT2D eigenvalue weighted by molar-refractivity contribution is 0.268. The quantitative estimate of drug-likeness (QED) is 0.849. The zero-order valence-electron chi connectivity index (χ0n) is 9.19. The number of nitrogens with zero attached hydrogens (tertiary/aromatic N) is 1. The van der Waals surface area contributed by atoms with Crippen molar-refractivity contribution in [3.8, 4) is 0 Å². The minimum absolute atomic E-state index is 0.0562. The van der Waals surface area contributed by atoms with Gasteiger partial charge in [-0.1, -0.05) is 17.7 Å². The number of halogens is 1. The normalized spacial score (nSPS) is 17.8. The molecule has 1 aliphatic heterocycles. The maximum Gasteiger partial charge on any atom is 0.0642 e. The lowest BCUT2D eigenvalue weighted by atomic mass is 10.1. The molecule has 1 heterocycles. The van der Waals surface area contributed by atoms with Gasteiger partial charge in [0.15, 0.2) is 0 Å². The molecular weight excluding hydrogens is 224 g/mol. The highest BCUT2D eigenvalue weighted by Gasteiger charge is 2.16. The number of hydrogen-bond donors (Lipinski definition) is 2. The van der Waals surface area contributed by atoms with Gasteiger partial charge < -0.3 is 15.7 Å². The van der Waals surface area contributed by atoms with Crippen molar-refractivity contribution >= 4 is 17.3 Å². The maximum absolute atomic E-state index is 8.98. The summed E-state index contributed by atoms with van der Waals surface area (Å²) in [6.45, 7) is 2.09. The van der Waals surface area contributed by atoms with Gasteiger partial charge in [-0.25, -0.2) is 0 Å². The minimum Gasteiger partial charge on any atom is -0.394 e. The van der Waals surface area contributed by atoms with Gasteiger partial charge in [0.2, 0.25) is 0 Å². The average molecular weight is 241 g/mol. The molecule has 1 aromatic carbocycles. The Bertz CT molecular complexity index is 364. The summed E-state index contributed by atoms with van der Waals surface area (Å²) in [5, 5.41) is 9.71. The highest BCUT2D eigenvalue weighted by molar-refractivity contribution is 6.33. The Morgan fingerprint density at radius 2 is 2.06 bits per heavy atom. The third-order valence-corrected chi connectivity index (χ3v) is 3.35. The minimum atomic E-state index is -0.342. The van der Waals surface area contributed by atoms with E-state index in [9.17, 15) is 0 Å². The number of benzene rings is 1. The van der Waals surface area contributed by atoms with Crippen molar-refractivity contribution in [2.45, 2.75) is 18.9 Å². The van der Waals surface area contributed by atoms with Gasteiger partial charge in [-0.2, -0.15) is 0 Å². The van der Waals surface area contributed by atoms with E-state index < -0.39 is 0 Å². The number of aliphatic hydroxyl groups excluding tert-OH is 1. The van der Waals surface area contributed by atoms with Gasteiger partial charge >= 0.3 is 0 Å². The fraction of sp³-hybridized carbons (Fsp3) is 0.500. The smallest absolute Gasteiger partial charge is 0.0642 e. The second kappa shape index (κ2) is 5.04. The first kappa shape index (κ1) is 11.7. The summed E-state index contributed by atoms with van der Waals surface area (Å²) < 4.78 is 0. The maximum atomic E-state index is 8.98. The van der Waals surface area contributed by atoms with E-state index in [4.69, 9.17) is 22.4 Å². The van der Waals surface area contributed by atoms with Crippen molar-refractivity contribution in [3.63, 3.8) is 0 Å². The standard InChI is InChI=1S/C12H17ClN2O/c13-10-7-9(11(14)8-16)3-4-12(10)15-5-1-2-6-15/h3-4,7,11,16H,1-2,5-6,8,14H2/t11-/m1/s1. The Kier molecular flexibility index (Phi) is 3.69. The zero-order valence-corrected chi connectivity index (χ0v) is 9.95. The van der Waals surface area contributed by atoms with Crippen LogP contribution in [0.4, 0.5) is 5.69 Å². The molecule has 3 N–H and O–H groups in total. The second-order valence-corrected chi connectivity index (χ2v) is 4.60. The van der Waals surface area contributed by atoms with E-state index in [1.807, 2.05) is 18.2 Å². The SMILES string of the molecule is N[C@H](CO)c1ccc(N2CCCC2)c(Cl)c1. The van der Waals surface area contributed by atoms with E-state index in [1.54, 1.807) is 0 Å². The topological polar surface area (TPSA) is 49.5 Å². The summed E-state index contributed by atoms with van der Waals surface area (Å²) in [7, 11) is 0. The van der Waals surface area contributed by atoms with Crippen LogP contribution < -0.4 is 10.6 Å². The molecule has 1 saturated heterocycles. The predicted octanol–water partition coefficient (Wildman–Crippen LogP) is 1.93. The van der Waals surface area contributed by atoms with Gasteiger partial charge in [0.1, 0.15) is 0 Å². The van der Waals surface area contributed by atoms with Crippen LogP contribution >= 0.6 is 11.6 Å². The lowest BCUT2D eigenvalue weighted by Crippen LogP contribution is -2.19. The molecule has 0 spiro atoms. The molecule has 0 bridgehead atoms. The molecule has 1 aliphatic rings. The summed E-state index contributed by atoms with van der Waals surface area (Å²) in [6.07, 6.45) is 2.46. The number of hydrogen-bond acceptors (Lipinski definition) is 3. The first-order valence-electron chi connectivity index (χ1n) is 5.63. The Morgan fingerprint density at radius 3 is 2.62 bits per heavy atom. The van der Waals surface area contributed by atoms with E-state index in [-0.39, 0.29) is 12.6 Å². The fourth-order valence-corrected chi connectivity index (χ4v) is 2.38. The van der Waals surface area contributed by atoms with Gasteiger partial charge in [0, 0.05) is 13.1 Å². The average Bonchev–Trinajstić information content (AvgIpc) is 2.81. The van der Waals surface area contributed by atoms with Crippen LogP contribution in [0.3, 0.4) is 0 Å². The highest BCUT2D eigenvalue weighted by Crippen LogP contribution is 2.30. The third kappa shape index (κ3) is 2.32. The van der Waals surface area contributed by atoms with Crippen molar-refractivity contribution in [1.29, 1.82) is 0 Å². The molecular formula is C12H17ClN2O. The molecule has 3 nitrogen and oxygen atoms in total. The molecule has 2 rings (SSSR count). The van der Waals surface area contributed by atoms with E-state index in [0.717, 1.165) is 29.4 Å². The number of anilines is 1. The molecule has 88 valence electrons. The molecule has 1 atom stereocenters. The second-order valence-electron chi connectivity index (χ2n) is 4.19. The molecule has 0 saturated carbocycles. The molecule has 0 aliphatic carbocycles. The predicted molar refractivity (Wildman–Crippen MR) is 66.9 cm³/mol. The third-order valence-electron chi connectivity index (χ3n) is 3.04. The Morgan fingerprint density at radius 1 is 1.38 bits per heavy atom. The van der Waals surface area contributed by atoms with E-state index in [2.05, 4.69) is 4.90 Å². The first-order chi connectivity index (χ1) is 7.72. The Labute approximate surface area is 101 Å². The monoisotopic (exact) mass is 240 g/mol. The van der Waals surface area contributed by atoms with E-state index in [0.29, 0.717) is 0 Å². The van der Waals surface area contributed by atoms with Crippen LogP contribution in [-0.4, -0.2) is 24.8 Å². The van der Waals surface area contributed by atoms with Gasteiger partial charge in [-0.3, -0.25) is 0 Å². The Hall–Kier alpha value is -0.770. The zero-order chi connectivity index (χ0) is 11.5. The van der Waals surface area contributed by atoms with E-state index in [1.165, 1.54) is 12.8 Å². The molecule has 16 heavy (non-hydrogen) atoms.